The molecule has 3 fully saturated rings. The van der Waals surface area contributed by atoms with Crippen LogP contribution in [0.3, 0.4) is 0 Å². The fourth-order valence-electron chi connectivity index (χ4n) is 4.81. The molecule has 0 unspecified atom stereocenters. The molecule has 1 saturated carbocycles. The van der Waals surface area contributed by atoms with Gasteiger partial charge in [-0.25, -0.2) is 9.59 Å². The van der Waals surface area contributed by atoms with Gasteiger partial charge in [0.05, 0.1) is 0 Å². The third kappa shape index (κ3) is 4.28. The average Bonchev–Trinajstić information content (AvgIpc) is 2.88. The first-order valence-corrected chi connectivity index (χ1v) is 11.3. The maximum absolute atomic E-state index is 13.2. The molecule has 3 aliphatic rings. The minimum atomic E-state index is -0.939. The number of rotatable bonds is 5. The van der Waals surface area contributed by atoms with Crippen LogP contribution in [0.4, 0.5) is 9.59 Å². The Morgan fingerprint density at radius 2 is 1.61 bits per heavy atom. The Bertz CT molecular complexity index is 928. The number of hydrogen-bond acceptors (Lipinski definition) is 7. The molecule has 5 N–H and O–H groups in total. The normalized spacial score (nSPS) is 28.2. The zero-order valence-electron chi connectivity index (χ0n) is 19.9. The van der Waals surface area contributed by atoms with Crippen LogP contribution in [0.5, 0.6) is 0 Å². The maximum atomic E-state index is 13.2. The van der Waals surface area contributed by atoms with E-state index in [1.54, 1.807) is 18.7 Å². The first-order valence-electron chi connectivity index (χ1n) is 11.3. The molecule has 7 amide bonds. The molecule has 0 aromatic carbocycles. The summed E-state index contributed by atoms with van der Waals surface area (Å²) in [5.41, 5.74) is 9.69. The second-order valence-electron chi connectivity index (χ2n) is 10.5. The van der Waals surface area contributed by atoms with Gasteiger partial charge in [0.25, 0.3) is 17.7 Å². The summed E-state index contributed by atoms with van der Waals surface area (Å²) in [4.78, 5) is 67.1. The SMILES string of the molecule is CC(C)CN1C(=O)C(=C(N)N)C(=O)N(C2CCC(C)(CN3C(=O)NC(=O)C3(C)C)CC2)C1=O. The van der Waals surface area contributed by atoms with Crippen LogP contribution in [0.1, 0.15) is 60.3 Å². The van der Waals surface area contributed by atoms with Crippen LogP contribution < -0.4 is 16.8 Å². The van der Waals surface area contributed by atoms with E-state index in [2.05, 4.69) is 5.32 Å². The number of nitrogens with one attached hydrogen (secondary N) is 1. The van der Waals surface area contributed by atoms with Crippen LogP contribution in [0, 0.1) is 11.3 Å². The first kappa shape index (κ1) is 24.5. The van der Waals surface area contributed by atoms with E-state index in [1.165, 1.54) is 0 Å². The summed E-state index contributed by atoms with van der Waals surface area (Å²) < 4.78 is 0. The molecule has 33 heavy (non-hydrogen) atoms. The Kier molecular flexibility index (Phi) is 6.20. The van der Waals surface area contributed by atoms with Crippen molar-refractivity contribution in [3.63, 3.8) is 0 Å². The molecule has 11 heteroatoms. The van der Waals surface area contributed by atoms with Crippen LogP contribution in [0.25, 0.3) is 0 Å². The van der Waals surface area contributed by atoms with Crippen molar-refractivity contribution < 1.29 is 24.0 Å². The van der Waals surface area contributed by atoms with Crippen LogP contribution in [0.15, 0.2) is 11.4 Å². The summed E-state index contributed by atoms with van der Waals surface area (Å²) in [6.07, 6.45) is 2.24. The van der Waals surface area contributed by atoms with Crippen LogP contribution in [-0.2, 0) is 14.4 Å². The molecule has 11 nitrogen and oxygen atoms in total. The van der Waals surface area contributed by atoms with Crippen LogP contribution in [0.2, 0.25) is 0 Å². The number of urea groups is 2. The number of nitrogens with two attached hydrogens (primary N) is 2. The number of barbiturate groups is 1. The standard InChI is InChI=1S/C22H34N6O5/c1-12(2)10-26-16(29)14(15(23)24)17(30)28(20(26)33)13-6-8-22(5,9-7-13)11-27-19(32)25-18(31)21(27,3)4/h12-13H,6-11,23-24H2,1-5H3,(H,25,31,32). The van der Waals surface area contributed by atoms with Crippen LogP contribution >= 0.6 is 0 Å². The topological polar surface area (TPSA) is 159 Å². The lowest BCUT2D eigenvalue weighted by molar-refractivity contribution is -0.138. The van der Waals surface area contributed by atoms with Gasteiger partial charge < -0.3 is 16.4 Å². The lowest BCUT2D eigenvalue weighted by atomic mass is 9.72. The molecule has 3 rings (SSSR count). The van der Waals surface area contributed by atoms with Crippen molar-refractivity contribution in [2.45, 2.75) is 71.9 Å². The highest BCUT2D eigenvalue weighted by molar-refractivity contribution is 6.29. The summed E-state index contributed by atoms with van der Waals surface area (Å²) in [6, 6.07) is -1.48. The zero-order valence-corrected chi connectivity index (χ0v) is 19.9. The average molecular weight is 463 g/mol. The van der Waals surface area contributed by atoms with E-state index >= 15 is 0 Å². The largest absolute Gasteiger partial charge is 0.385 e. The van der Waals surface area contributed by atoms with Crippen molar-refractivity contribution in [1.29, 1.82) is 0 Å². The fraction of sp³-hybridized carbons (Fsp3) is 0.682. The van der Waals surface area contributed by atoms with E-state index in [0.29, 0.717) is 32.2 Å². The third-order valence-corrected chi connectivity index (χ3v) is 6.93. The van der Waals surface area contributed by atoms with Crippen molar-refractivity contribution >= 4 is 29.8 Å². The minimum Gasteiger partial charge on any atom is -0.385 e. The molecule has 0 aromatic rings. The van der Waals surface area contributed by atoms with Gasteiger partial charge in [-0.3, -0.25) is 29.5 Å². The Labute approximate surface area is 193 Å². The van der Waals surface area contributed by atoms with Gasteiger partial charge in [-0.15, -0.1) is 0 Å². The molecule has 2 aliphatic heterocycles. The van der Waals surface area contributed by atoms with Gasteiger partial charge in [-0.05, 0) is 50.9 Å². The molecular formula is C22H34N6O5. The number of nitrogens with zero attached hydrogens (tertiary/aromatic N) is 3. The molecular weight excluding hydrogens is 428 g/mol. The molecule has 0 atom stereocenters. The summed E-state index contributed by atoms with van der Waals surface area (Å²) in [5.74, 6) is -2.25. The highest BCUT2D eigenvalue weighted by Gasteiger charge is 2.51. The van der Waals surface area contributed by atoms with Gasteiger partial charge in [0.15, 0.2) is 0 Å². The maximum Gasteiger partial charge on any atom is 0.334 e. The molecule has 2 saturated heterocycles. The quantitative estimate of drug-likeness (QED) is 0.310. The predicted molar refractivity (Wildman–Crippen MR) is 119 cm³/mol. The smallest absolute Gasteiger partial charge is 0.334 e. The van der Waals surface area contributed by atoms with E-state index in [9.17, 15) is 24.0 Å². The Hall–Kier alpha value is -3.11. The number of amides is 7. The van der Waals surface area contributed by atoms with Gasteiger partial charge >= 0.3 is 12.1 Å². The van der Waals surface area contributed by atoms with Crippen molar-refractivity contribution in [1.82, 2.24) is 20.0 Å². The predicted octanol–water partition coefficient (Wildman–Crippen LogP) is 0.842. The highest BCUT2D eigenvalue weighted by atomic mass is 16.2. The lowest BCUT2D eigenvalue weighted by Gasteiger charge is -2.45. The van der Waals surface area contributed by atoms with Gasteiger partial charge in [0.1, 0.15) is 16.9 Å². The van der Waals surface area contributed by atoms with Crippen LogP contribution in [-0.4, -0.2) is 69.2 Å². The van der Waals surface area contributed by atoms with E-state index in [1.807, 2.05) is 20.8 Å². The van der Waals surface area contributed by atoms with E-state index in [-0.39, 0.29) is 29.4 Å². The molecule has 1 aliphatic carbocycles. The second-order valence-corrected chi connectivity index (χ2v) is 10.5. The molecule has 0 bridgehead atoms. The lowest BCUT2D eigenvalue weighted by Crippen LogP contribution is -2.61. The second kappa shape index (κ2) is 8.35. The third-order valence-electron chi connectivity index (χ3n) is 6.93. The van der Waals surface area contributed by atoms with Crippen molar-refractivity contribution in [2.75, 3.05) is 13.1 Å². The monoisotopic (exact) mass is 462 g/mol. The van der Waals surface area contributed by atoms with E-state index < -0.39 is 41.3 Å². The van der Waals surface area contributed by atoms with Gasteiger partial charge in [-0.2, -0.15) is 0 Å². The molecule has 0 radical (unpaired) electrons. The first-order chi connectivity index (χ1) is 15.2. The van der Waals surface area contributed by atoms with Crippen molar-refractivity contribution in [3.05, 3.63) is 11.4 Å². The van der Waals surface area contributed by atoms with Gasteiger partial charge in [0.2, 0.25) is 0 Å². The zero-order chi connectivity index (χ0) is 24.9. The Balaban J connectivity index is 1.78. The number of carbonyl (C=O) groups is 5. The number of carbonyl (C=O) groups excluding carboxylic acids is 5. The summed E-state index contributed by atoms with van der Waals surface area (Å²) in [7, 11) is 0. The van der Waals surface area contributed by atoms with Crippen molar-refractivity contribution in [2.24, 2.45) is 22.8 Å². The number of hydrogen-bond donors (Lipinski definition) is 3. The van der Waals surface area contributed by atoms with Crippen molar-refractivity contribution in [3.8, 4) is 0 Å². The minimum absolute atomic E-state index is 0.000482. The molecule has 0 spiro atoms. The van der Waals surface area contributed by atoms with Gasteiger partial charge in [-0.1, -0.05) is 20.8 Å². The summed E-state index contributed by atoms with van der Waals surface area (Å²) in [6.45, 7) is 9.71. The Morgan fingerprint density at radius 1 is 1.03 bits per heavy atom. The molecule has 2 heterocycles. The van der Waals surface area contributed by atoms with E-state index in [4.69, 9.17) is 11.5 Å². The summed E-state index contributed by atoms with van der Waals surface area (Å²) >= 11 is 0. The summed E-state index contributed by atoms with van der Waals surface area (Å²) in [5, 5.41) is 2.36. The Morgan fingerprint density at radius 3 is 2.06 bits per heavy atom. The fourth-order valence-corrected chi connectivity index (χ4v) is 4.81. The number of imide groups is 3. The molecule has 182 valence electrons. The highest BCUT2D eigenvalue weighted by Crippen LogP contribution is 2.41. The molecule has 0 aromatic heterocycles. The van der Waals surface area contributed by atoms with Gasteiger partial charge in [0, 0.05) is 19.1 Å². The van der Waals surface area contributed by atoms with E-state index in [0.717, 1.165) is 9.80 Å².